The van der Waals surface area contributed by atoms with E-state index in [0.717, 1.165) is 20.9 Å². The van der Waals surface area contributed by atoms with Crippen LogP contribution < -0.4 is 10.6 Å². The Hall–Kier alpha value is -1.46. The lowest BCUT2D eigenvalue weighted by Crippen LogP contribution is -2.49. The number of rotatable bonds is 4. The molecule has 1 atom stereocenters. The number of halogens is 4. The molecule has 3 rings (SSSR count). The zero-order valence-corrected chi connectivity index (χ0v) is 17.2. The number of carbonyl (C=O) groups excluding carboxylic acids is 1. The van der Waals surface area contributed by atoms with E-state index in [4.69, 9.17) is 34.8 Å². The number of amides is 1. The van der Waals surface area contributed by atoms with Gasteiger partial charge in [0.05, 0.1) is 0 Å². The normalized spacial score (nSPS) is 12.6. The topological polar surface area (TPSA) is 41.1 Å². The van der Waals surface area contributed by atoms with Crippen LogP contribution in [-0.4, -0.2) is 15.9 Å². The van der Waals surface area contributed by atoms with Crippen LogP contribution in [0.15, 0.2) is 71.2 Å². The van der Waals surface area contributed by atoms with Crippen LogP contribution in [0, 0.1) is 0 Å². The first-order valence-corrected chi connectivity index (χ1v) is 9.65. The van der Waals surface area contributed by atoms with Crippen LogP contribution in [0.3, 0.4) is 0 Å². The summed E-state index contributed by atoms with van der Waals surface area (Å²) in [5.74, 6) is -0.346. The Morgan fingerprint density at radius 3 is 2.27 bits per heavy atom. The van der Waals surface area contributed by atoms with Crippen molar-refractivity contribution in [2.45, 2.75) is 9.96 Å². The molecule has 0 heterocycles. The number of anilines is 1. The molecule has 3 aromatic carbocycles. The highest BCUT2D eigenvalue weighted by Gasteiger charge is 2.34. The molecule has 26 heavy (non-hydrogen) atoms. The van der Waals surface area contributed by atoms with Crippen LogP contribution in [0.4, 0.5) is 5.69 Å². The van der Waals surface area contributed by atoms with Crippen molar-refractivity contribution in [3.8, 4) is 0 Å². The molecule has 0 aromatic heterocycles. The number of hydrogen-bond acceptors (Lipinski definition) is 2. The van der Waals surface area contributed by atoms with E-state index in [1.807, 2.05) is 42.5 Å². The van der Waals surface area contributed by atoms with Gasteiger partial charge in [-0.3, -0.25) is 4.79 Å². The van der Waals surface area contributed by atoms with Crippen molar-refractivity contribution >= 4 is 73.1 Å². The molecule has 0 saturated carbocycles. The molecule has 0 bridgehead atoms. The molecule has 0 aliphatic carbocycles. The minimum atomic E-state index is -1.75. The maximum absolute atomic E-state index is 12.5. The first-order chi connectivity index (χ1) is 12.3. The molecule has 0 unspecified atom stereocenters. The molecule has 0 spiro atoms. The molecule has 3 aromatic rings. The second kappa shape index (κ2) is 8.05. The van der Waals surface area contributed by atoms with E-state index < -0.39 is 9.96 Å². The fourth-order valence-corrected chi connectivity index (χ4v) is 3.11. The van der Waals surface area contributed by atoms with Crippen molar-refractivity contribution in [3.05, 3.63) is 76.8 Å². The lowest BCUT2D eigenvalue weighted by atomic mass is 10.1. The number of nitrogens with one attached hydrogen (secondary N) is 2. The van der Waals surface area contributed by atoms with E-state index in [0.29, 0.717) is 5.56 Å². The highest BCUT2D eigenvalue weighted by Crippen LogP contribution is 2.33. The maximum Gasteiger partial charge on any atom is 0.252 e. The Bertz CT molecular complexity index is 921. The lowest BCUT2D eigenvalue weighted by Gasteiger charge is -2.28. The Balaban J connectivity index is 1.87. The summed E-state index contributed by atoms with van der Waals surface area (Å²) < 4.78 is -0.872. The van der Waals surface area contributed by atoms with Crippen LogP contribution in [0.1, 0.15) is 10.4 Å². The van der Waals surface area contributed by atoms with E-state index in [2.05, 4.69) is 26.6 Å². The minimum absolute atomic E-state index is 0.346. The predicted octanol–water partition coefficient (Wildman–Crippen LogP) is 6.14. The lowest BCUT2D eigenvalue weighted by molar-refractivity contribution is 0.0942. The molecular formula is C19H14BrCl3N2O. The molecule has 0 saturated heterocycles. The number of alkyl halides is 3. The van der Waals surface area contributed by atoms with Gasteiger partial charge in [0.25, 0.3) is 5.91 Å². The van der Waals surface area contributed by atoms with Crippen LogP contribution in [0.2, 0.25) is 0 Å². The summed E-state index contributed by atoms with van der Waals surface area (Å²) in [6.45, 7) is 0. The summed E-state index contributed by atoms with van der Waals surface area (Å²) in [5, 5.41) is 7.89. The molecule has 1 amide bonds. The molecule has 0 fully saturated rings. The maximum atomic E-state index is 12.5. The van der Waals surface area contributed by atoms with Crippen molar-refractivity contribution in [3.63, 3.8) is 0 Å². The summed E-state index contributed by atoms with van der Waals surface area (Å²) >= 11 is 21.6. The van der Waals surface area contributed by atoms with Crippen LogP contribution in [0.25, 0.3) is 10.8 Å². The van der Waals surface area contributed by atoms with Gasteiger partial charge < -0.3 is 10.6 Å². The van der Waals surface area contributed by atoms with Gasteiger partial charge in [-0.1, -0.05) is 87.1 Å². The molecule has 7 heteroatoms. The van der Waals surface area contributed by atoms with Crippen molar-refractivity contribution in [2.75, 3.05) is 5.32 Å². The van der Waals surface area contributed by atoms with Crippen molar-refractivity contribution in [1.82, 2.24) is 5.32 Å². The Morgan fingerprint density at radius 2 is 1.58 bits per heavy atom. The standard InChI is InChI=1S/C19H14BrCl3N2O/c20-14-10-8-13(9-11-14)17(26)25-18(19(21,22)23)24-16-7-3-5-12-4-1-2-6-15(12)16/h1-11,18,24H,(H,25,26)/t18-/m1/s1. The first kappa shape index (κ1) is 19.3. The van der Waals surface area contributed by atoms with E-state index in [1.165, 1.54) is 0 Å². The number of benzene rings is 3. The van der Waals surface area contributed by atoms with E-state index in [-0.39, 0.29) is 5.91 Å². The summed E-state index contributed by atoms with van der Waals surface area (Å²) in [5.41, 5.74) is 1.22. The highest BCUT2D eigenvalue weighted by atomic mass is 79.9. The Labute approximate surface area is 174 Å². The minimum Gasteiger partial charge on any atom is -0.361 e. The quantitative estimate of drug-likeness (QED) is 0.354. The van der Waals surface area contributed by atoms with Crippen LogP contribution in [-0.2, 0) is 0 Å². The molecular weight excluding hydrogens is 458 g/mol. The van der Waals surface area contributed by atoms with Gasteiger partial charge in [-0.15, -0.1) is 0 Å². The fraction of sp³-hybridized carbons (Fsp3) is 0.105. The van der Waals surface area contributed by atoms with Crippen LogP contribution >= 0.6 is 50.7 Å². The van der Waals surface area contributed by atoms with Gasteiger partial charge in [-0.2, -0.15) is 0 Å². The van der Waals surface area contributed by atoms with E-state index >= 15 is 0 Å². The fourth-order valence-electron chi connectivity index (χ4n) is 2.52. The second-order valence-corrected chi connectivity index (χ2v) is 8.91. The predicted molar refractivity (Wildman–Crippen MR) is 113 cm³/mol. The summed E-state index contributed by atoms with van der Waals surface area (Å²) in [7, 11) is 0. The Kier molecular flexibility index (Phi) is 5.98. The van der Waals surface area contributed by atoms with Gasteiger partial charge in [0.15, 0.2) is 0 Å². The molecule has 2 N–H and O–H groups in total. The monoisotopic (exact) mass is 470 g/mol. The smallest absolute Gasteiger partial charge is 0.252 e. The average molecular weight is 473 g/mol. The first-order valence-electron chi connectivity index (χ1n) is 7.72. The van der Waals surface area contributed by atoms with E-state index in [9.17, 15) is 4.79 Å². The zero-order chi connectivity index (χ0) is 18.7. The molecule has 0 radical (unpaired) electrons. The number of fused-ring (bicyclic) bond motifs is 1. The van der Waals surface area contributed by atoms with Gasteiger partial charge in [0.2, 0.25) is 3.79 Å². The SMILES string of the molecule is O=C(N[C@@H](Nc1cccc2ccccc12)C(Cl)(Cl)Cl)c1ccc(Br)cc1. The van der Waals surface area contributed by atoms with Crippen molar-refractivity contribution in [1.29, 1.82) is 0 Å². The zero-order valence-electron chi connectivity index (χ0n) is 13.3. The van der Waals surface area contributed by atoms with Gasteiger partial charge in [0, 0.05) is 21.1 Å². The third kappa shape index (κ3) is 4.63. The number of carbonyl (C=O) groups is 1. The van der Waals surface area contributed by atoms with E-state index in [1.54, 1.807) is 24.3 Å². The third-order valence-electron chi connectivity index (χ3n) is 3.80. The van der Waals surface area contributed by atoms with Crippen LogP contribution in [0.5, 0.6) is 0 Å². The summed E-state index contributed by atoms with van der Waals surface area (Å²) in [6, 6.07) is 20.5. The molecule has 134 valence electrons. The number of hydrogen-bond donors (Lipinski definition) is 2. The van der Waals surface area contributed by atoms with Gasteiger partial charge in [-0.05, 0) is 35.7 Å². The third-order valence-corrected chi connectivity index (χ3v) is 4.98. The van der Waals surface area contributed by atoms with Gasteiger partial charge in [0.1, 0.15) is 6.17 Å². The Morgan fingerprint density at radius 1 is 0.923 bits per heavy atom. The summed E-state index contributed by atoms with van der Waals surface area (Å²) in [6.07, 6.45) is -0.922. The average Bonchev–Trinajstić information content (AvgIpc) is 2.61. The molecule has 0 aliphatic rings. The largest absolute Gasteiger partial charge is 0.361 e. The van der Waals surface area contributed by atoms with Gasteiger partial charge in [-0.25, -0.2) is 0 Å². The second-order valence-electron chi connectivity index (χ2n) is 5.63. The van der Waals surface area contributed by atoms with Gasteiger partial charge >= 0.3 is 0 Å². The molecule has 3 nitrogen and oxygen atoms in total. The van der Waals surface area contributed by atoms with Crippen molar-refractivity contribution in [2.24, 2.45) is 0 Å². The molecule has 0 aliphatic heterocycles. The summed E-state index contributed by atoms with van der Waals surface area (Å²) in [4.78, 5) is 12.5. The van der Waals surface area contributed by atoms with Crippen molar-refractivity contribution < 1.29 is 4.79 Å². The highest BCUT2D eigenvalue weighted by molar-refractivity contribution is 9.10.